The number of rotatable bonds is 2. The molecule has 1 aliphatic rings. The van der Waals surface area contributed by atoms with E-state index < -0.39 is 17.2 Å². The number of carbonyl (C=O) groups is 1. The summed E-state index contributed by atoms with van der Waals surface area (Å²) >= 11 is 0. The van der Waals surface area contributed by atoms with Crippen LogP contribution < -0.4 is 0 Å². The topological polar surface area (TPSA) is 57.5 Å². The minimum atomic E-state index is -1.16. The molecule has 0 bridgehead atoms. The number of hydrogen-bond donors (Lipinski definition) is 2. The summed E-state index contributed by atoms with van der Waals surface area (Å²) in [6, 6.07) is 2.47. The summed E-state index contributed by atoms with van der Waals surface area (Å²) < 4.78 is 13.9. The molecule has 0 heterocycles. The molecule has 1 fully saturated rings. The van der Waals surface area contributed by atoms with E-state index in [1.165, 1.54) is 12.1 Å². The summed E-state index contributed by atoms with van der Waals surface area (Å²) in [5, 5.41) is 19.0. The predicted octanol–water partition coefficient (Wildman–Crippen LogP) is 2.74. The van der Waals surface area contributed by atoms with Crippen molar-refractivity contribution >= 4 is 5.97 Å². The van der Waals surface area contributed by atoms with Crippen molar-refractivity contribution in [3.05, 3.63) is 29.1 Å². The van der Waals surface area contributed by atoms with Crippen LogP contribution in [0.15, 0.2) is 12.1 Å². The van der Waals surface area contributed by atoms with Gasteiger partial charge in [0.1, 0.15) is 11.6 Å². The first-order chi connectivity index (χ1) is 7.97. The summed E-state index contributed by atoms with van der Waals surface area (Å²) in [4.78, 5) is 11.4. The lowest BCUT2D eigenvalue weighted by atomic mass is 9.78. The van der Waals surface area contributed by atoms with Crippen LogP contribution in [-0.2, 0) is 10.2 Å². The fraction of sp³-hybridized carbons (Fsp3) is 0.462. The van der Waals surface area contributed by atoms with Crippen LogP contribution in [0.4, 0.5) is 4.39 Å². The first-order valence-electron chi connectivity index (χ1n) is 5.70. The van der Waals surface area contributed by atoms with Crippen LogP contribution in [0, 0.1) is 12.7 Å². The minimum absolute atomic E-state index is 0.0473. The van der Waals surface area contributed by atoms with Crippen molar-refractivity contribution in [2.24, 2.45) is 0 Å². The van der Waals surface area contributed by atoms with Crippen molar-refractivity contribution in [1.82, 2.24) is 0 Å². The molecular weight excluding hydrogens is 223 g/mol. The number of aromatic hydroxyl groups is 1. The average molecular weight is 238 g/mol. The van der Waals surface area contributed by atoms with Gasteiger partial charge in [0.05, 0.1) is 5.41 Å². The summed E-state index contributed by atoms with van der Waals surface area (Å²) in [5.41, 5.74) is -0.620. The quantitative estimate of drug-likeness (QED) is 0.832. The third-order valence-corrected chi connectivity index (χ3v) is 3.67. The predicted molar refractivity (Wildman–Crippen MR) is 60.6 cm³/mol. The lowest BCUT2D eigenvalue weighted by Gasteiger charge is -2.25. The summed E-state index contributed by atoms with van der Waals surface area (Å²) in [5.74, 6) is -1.59. The number of benzene rings is 1. The molecule has 0 amide bonds. The first kappa shape index (κ1) is 11.9. The van der Waals surface area contributed by atoms with E-state index in [0.29, 0.717) is 18.4 Å². The number of carboxylic acid groups (broad SMARTS) is 1. The van der Waals surface area contributed by atoms with E-state index in [9.17, 15) is 19.4 Å². The van der Waals surface area contributed by atoms with Crippen LogP contribution in [0.3, 0.4) is 0 Å². The number of halogens is 1. The second-order valence-corrected chi connectivity index (χ2v) is 4.71. The fourth-order valence-corrected chi connectivity index (χ4v) is 2.60. The Morgan fingerprint density at radius 3 is 2.47 bits per heavy atom. The molecule has 2 N–H and O–H groups in total. The molecule has 0 radical (unpaired) electrons. The normalized spacial score (nSPS) is 18.2. The second kappa shape index (κ2) is 4.02. The highest BCUT2D eigenvalue weighted by atomic mass is 19.1. The van der Waals surface area contributed by atoms with Crippen LogP contribution in [-0.4, -0.2) is 16.2 Å². The van der Waals surface area contributed by atoms with Gasteiger partial charge in [-0.3, -0.25) is 4.79 Å². The van der Waals surface area contributed by atoms with Gasteiger partial charge < -0.3 is 10.2 Å². The number of phenolic OH excluding ortho intramolecular Hbond substituents is 1. The van der Waals surface area contributed by atoms with Crippen LogP contribution in [0.2, 0.25) is 0 Å². The van der Waals surface area contributed by atoms with Crippen LogP contribution in [0.5, 0.6) is 5.75 Å². The second-order valence-electron chi connectivity index (χ2n) is 4.71. The van der Waals surface area contributed by atoms with Gasteiger partial charge in [0, 0.05) is 5.56 Å². The zero-order chi connectivity index (χ0) is 12.6. The molecule has 0 aliphatic heterocycles. The van der Waals surface area contributed by atoms with Crippen molar-refractivity contribution in [3.8, 4) is 5.75 Å². The van der Waals surface area contributed by atoms with Gasteiger partial charge in [0.25, 0.3) is 0 Å². The smallest absolute Gasteiger partial charge is 0.314 e. The van der Waals surface area contributed by atoms with Crippen LogP contribution in [0.1, 0.15) is 36.8 Å². The highest BCUT2D eigenvalue weighted by Gasteiger charge is 2.44. The maximum atomic E-state index is 13.9. The fourth-order valence-electron chi connectivity index (χ4n) is 2.60. The van der Waals surface area contributed by atoms with Crippen molar-refractivity contribution in [2.75, 3.05) is 0 Å². The maximum Gasteiger partial charge on any atom is 0.314 e. The third kappa shape index (κ3) is 1.77. The summed E-state index contributed by atoms with van der Waals surface area (Å²) in [7, 11) is 0. The Bertz CT molecular complexity index is 462. The number of carboxylic acids is 1. The summed E-state index contributed by atoms with van der Waals surface area (Å²) in [6.45, 7) is 1.59. The number of aryl methyl sites for hydroxylation is 1. The minimum Gasteiger partial charge on any atom is -0.508 e. The monoisotopic (exact) mass is 238 g/mol. The van der Waals surface area contributed by atoms with Crippen LogP contribution in [0.25, 0.3) is 0 Å². The molecule has 0 unspecified atom stereocenters. The lowest BCUT2D eigenvalue weighted by Crippen LogP contribution is -2.33. The van der Waals surface area contributed by atoms with E-state index in [4.69, 9.17) is 0 Å². The third-order valence-electron chi connectivity index (χ3n) is 3.67. The molecule has 4 heteroatoms. The van der Waals surface area contributed by atoms with E-state index in [1.807, 2.05) is 0 Å². The lowest BCUT2D eigenvalue weighted by molar-refractivity contribution is -0.143. The van der Waals surface area contributed by atoms with Gasteiger partial charge in [-0.05, 0) is 37.5 Å². The van der Waals surface area contributed by atoms with E-state index in [0.717, 1.165) is 12.8 Å². The van der Waals surface area contributed by atoms with E-state index in [-0.39, 0.29) is 11.3 Å². The number of aliphatic carboxylic acids is 1. The van der Waals surface area contributed by atoms with Gasteiger partial charge >= 0.3 is 5.97 Å². The molecule has 0 saturated heterocycles. The Kier molecular flexibility index (Phi) is 2.81. The molecule has 1 saturated carbocycles. The highest BCUT2D eigenvalue weighted by Crippen LogP contribution is 2.43. The van der Waals surface area contributed by atoms with Gasteiger partial charge in [-0.25, -0.2) is 4.39 Å². The molecule has 3 nitrogen and oxygen atoms in total. The molecule has 17 heavy (non-hydrogen) atoms. The molecular formula is C13H15FO3. The number of phenols is 1. The van der Waals surface area contributed by atoms with Gasteiger partial charge in [-0.2, -0.15) is 0 Å². The Labute approximate surface area is 98.9 Å². The van der Waals surface area contributed by atoms with Crippen molar-refractivity contribution < 1.29 is 19.4 Å². The molecule has 1 aromatic carbocycles. The number of hydrogen-bond acceptors (Lipinski definition) is 2. The summed E-state index contributed by atoms with van der Waals surface area (Å²) in [6.07, 6.45) is 2.42. The van der Waals surface area contributed by atoms with Crippen molar-refractivity contribution in [1.29, 1.82) is 0 Å². The molecule has 0 atom stereocenters. The SMILES string of the molecule is Cc1cc(F)c(C2(C(=O)O)CCCC2)cc1O. The zero-order valence-electron chi connectivity index (χ0n) is 9.66. The standard InChI is InChI=1S/C13H15FO3/c1-8-6-10(14)9(7-11(8)15)13(12(16)17)4-2-3-5-13/h6-7,15H,2-5H2,1H3,(H,16,17). The van der Waals surface area contributed by atoms with Gasteiger partial charge in [-0.15, -0.1) is 0 Å². The molecule has 0 spiro atoms. The van der Waals surface area contributed by atoms with Crippen molar-refractivity contribution in [3.63, 3.8) is 0 Å². The Hall–Kier alpha value is -1.58. The Morgan fingerprint density at radius 1 is 1.35 bits per heavy atom. The first-order valence-corrected chi connectivity index (χ1v) is 5.70. The van der Waals surface area contributed by atoms with Gasteiger partial charge in [-0.1, -0.05) is 12.8 Å². The molecule has 1 aromatic rings. The Balaban J connectivity index is 2.58. The van der Waals surface area contributed by atoms with Gasteiger partial charge in [0.15, 0.2) is 0 Å². The van der Waals surface area contributed by atoms with E-state index >= 15 is 0 Å². The zero-order valence-corrected chi connectivity index (χ0v) is 9.66. The van der Waals surface area contributed by atoms with E-state index in [2.05, 4.69) is 0 Å². The van der Waals surface area contributed by atoms with E-state index in [1.54, 1.807) is 6.92 Å². The maximum absolute atomic E-state index is 13.9. The van der Waals surface area contributed by atoms with Crippen molar-refractivity contribution in [2.45, 2.75) is 38.0 Å². The highest BCUT2D eigenvalue weighted by molar-refractivity contribution is 5.82. The molecule has 1 aliphatic carbocycles. The van der Waals surface area contributed by atoms with Gasteiger partial charge in [0.2, 0.25) is 0 Å². The van der Waals surface area contributed by atoms with Crippen LogP contribution >= 0.6 is 0 Å². The Morgan fingerprint density at radius 2 is 1.94 bits per heavy atom. The average Bonchev–Trinajstić information content (AvgIpc) is 2.73. The molecule has 0 aromatic heterocycles. The largest absolute Gasteiger partial charge is 0.508 e. The molecule has 92 valence electrons. The molecule has 2 rings (SSSR count).